The van der Waals surface area contributed by atoms with Crippen molar-refractivity contribution in [3.63, 3.8) is 0 Å². The number of hydrogen-bond donors (Lipinski definition) is 2. The van der Waals surface area contributed by atoms with Crippen LogP contribution in [0.3, 0.4) is 0 Å². The second kappa shape index (κ2) is 7.85. The van der Waals surface area contributed by atoms with Gasteiger partial charge in [0.25, 0.3) is 5.69 Å². The van der Waals surface area contributed by atoms with E-state index in [0.717, 1.165) is 5.56 Å². The third-order valence-corrected chi connectivity index (χ3v) is 5.60. The molecular formula is C23H14ClN5O4. The van der Waals surface area contributed by atoms with Crippen LogP contribution in [0.5, 0.6) is 5.88 Å². The molecule has 0 saturated heterocycles. The topological polar surface area (TPSA) is 144 Å². The Kier molecular flexibility index (Phi) is 4.84. The van der Waals surface area contributed by atoms with Crippen molar-refractivity contribution >= 4 is 17.3 Å². The first-order chi connectivity index (χ1) is 16.0. The Morgan fingerprint density at radius 3 is 2.45 bits per heavy atom. The lowest BCUT2D eigenvalue weighted by Gasteiger charge is -2.22. The summed E-state index contributed by atoms with van der Waals surface area (Å²) >= 11 is 6.02. The predicted molar refractivity (Wildman–Crippen MR) is 119 cm³/mol. The number of halogens is 1. The van der Waals surface area contributed by atoms with Gasteiger partial charge in [-0.3, -0.25) is 15.2 Å². The van der Waals surface area contributed by atoms with E-state index < -0.39 is 10.8 Å². The summed E-state index contributed by atoms with van der Waals surface area (Å²) in [4.78, 5) is 10.5. The Bertz CT molecular complexity index is 1450. The molecule has 33 heavy (non-hydrogen) atoms. The molecule has 3 N–H and O–H groups in total. The third kappa shape index (κ3) is 3.48. The van der Waals surface area contributed by atoms with Crippen molar-refractivity contribution in [1.29, 1.82) is 5.26 Å². The molecule has 0 bridgehead atoms. The number of nitriles is 1. The van der Waals surface area contributed by atoms with E-state index in [4.69, 9.17) is 26.5 Å². The Hall–Kier alpha value is -4.55. The fourth-order valence-corrected chi connectivity index (χ4v) is 3.90. The lowest BCUT2D eigenvalue weighted by Crippen LogP contribution is -2.20. The van der Waals surface area contributed by atoms with Crippen molar-refractivity contribution in [2.75, 3.05) is 0 Å². The summed E-state index contributed by atoms with van der Waals surface area (Å²) in [5.41, 5.74) is 8.87. The number of nitrogens with two attached hydrogens (primary N) is 1. The van der Waals surface area contributed by atoms with Gasteiger partial charge in [0.1, 0.15) is 23.2 Å². The van der Waals surface area contributed by atoms with Crippen molar-refractivity contribution < 1.29 is 14.1 Å². The molecule has 3 heterocycles. The van der Waals surface area contributed by atoms with E-state index in [1.165, 1.54) is 12.1 Å². The summed E-state index contributed by atoms with van der Waals surface area (Å²) in [5.74, 6) is 0.450. The number of ether oxygens (including phenoxy) is 1. The van der Waals surface area contributed by atoms with E-state index >= 15 is 0 Å². The molecule has 162 valence electrons. The van der Waals surface area contributed by atoms with Gasteiger partial charge in [0.2, 0.25) is 11.8 Å². The molecule has 2 aromatic heterocycles. The fraction of sp³-hybridized carbons (Fsp3) is 0.0435. The largest absolute Gasteiger partial charge is 0.460 e. The zero-order valence-electron chi connectivity index (χ0n) is 16.8. The van der Waals surface area contributed by atoms with Crippen LogP contribution in [-0.2, 0) is 0 Å². The van der Waals surface area contributed by atoms with Gasteiger partial charge in [-0.15, -0.1) is 5.10 Å². The van der Waals surface area contributed by atoms with E-state index in [-0.39, 0.29) is 23.0 Å². The maximum absolute atomic E-state index is 10.9. The normalized spacial score (nSPS) is 15.0. The lowest BCUT2D eigenvalue weighted by atomic mass is 9.86. The number of aromatic nitrogens is 2. The molecule has 0 spiro atoms. The van der Waals surface area contributed by atoms with E-state index in [0.29, 0.717) is 33.4 Å². The van der Waals surface area contributed by atoms with Crippen LogP contribution in [0.25, 0.3) is 22.6 Å². The molecule has 10 heteroatoms. The van der Waals surface area contributed by atoms with Gasteiger partial charge in [-0.2, -0.15) is 5.26 Å². The summed E-state index contributed by atoms with van der Waals surface area (Å²) in [7, 11) is 0. The lowest BCUT2D eigenvalue weighted by molar-refractivity contribution is -0.384. The molecule has 0 saturated carbocycles. The first kappa shape index (κ1) is 20.4. The molecule has 0 fully saturated rings. The average Bonchev–Trinajstić information content (AvgIpc) is 3.46. The van der Waals surface area contributed by atoms with Crippen LogP contribution in [0.2, 0.25) is 5.02 Å². The first-order valence-electron chi connectivity index (χ1n) is 9.72. The van der Waals surface area contributed by atoms with Gasteiger partial charge in [-0.1, -0.05) is 23.7 Å². The average molecular weight is 460 g/mol. The minimum atomic E-state index is -0.671. The van der Waals surface area contributed by atoms with Gasteiger partial charge < -0.3 is 14.9 Å². The minimum absolute atomic E-state index is 0.0203. The fourth-order valence-electron chi connectivity index (χ4n) is 3.78. The van der Waals surface area contributed by atoms with Crippen molar-refractivity contribution in [2.45, 2.75) is 5.92 Å². The van der Waals surface area contributed by atoms with E-state index in [9.17, 15) is 15.4 Å². The van der Waals surface area contributed by atoms with Crippen LogP contribution >= 0.6 is 11.6 Å². The summed E-state index contributed by atoms with van der Waals surface area (Å²) < 4.78 is 11.7. The molecule has 0 unspecified atom stereocenters. The van der Waals surface area contributed by atoms with Crippen molar-refractivity contribution in [2.24, 2.45) is 5.73 Å². The third-order valence-electron chi connectivity index (χ3n) is 5.35. The zero-order valence-corrected chi connectivity index (χ0v) is 17.5. The first-order valence-corrected chi connectivity index (χ1v) is 10.1. The van der Waals surface area contributed by atoms with Crippen LogP contribution in [-0.4, -0.2) is 15.1 Å². The summed E-state index contributed by atoms with van der Waals surface area (Å²) in [6.45, 7) is 0. The number of aromatic amines is 1. The highest BCUT2D eigenvalue weighted by Crippen LogP contribution is 2.46. The highest BCUT2D eigenvalue weighted by Gasteiger charge is 2.37. The van der Waals surface area contributed by atoms with E-state index in [2.05, 4.69) is 16.3 Å². The number of furan rings is 1. The molecule has 1 atom stereocenters. The van der Waals surface area contributed by atoms with Crippen LogP contribution in [0.15, 0.2) is 76.5 Å². The second-order valence-corrected chi connectivity index (χ2v) is 7.69. The van der Waals surface area contributed by atoms with Crippen LogP contribution in [0.4, 0.5) is 5.69 Å². The van der Waals surface area contributed by atoms with Crippen LogP contribution in [0.1, 0.15) is 17.2 Å². The van der Waals surface area contributed by atoms with Gasteiger partial charge in [0, 0.05) is 28.3 Å². The number of hydrogen-bond acceptors (Lipinski definition) is 7. The van der Waals surface area contributed by atoms with Gasteiger partial charge in [-0.05, 0) is 36.4 Å². The molecule has 1 aliphatic heterocycles. The standard InChI is InChI=1S/C23H14ClN5O4/c24-14-5-1-13(2-6-14)21-20-19(16(11-25)22(26)33-23(20)28-27-21)18-10-9-17(32-18)12-3-7-15(8-4-12)29(30)31/h1-10,19H,26H2,(H,27,28)/t19-/m0/s1. The minimum Gasteiger partial charge on any atom is -0.460 e. The highest BCUT2D eigenvalue weighted by atomic mass is 35.5. The summed E-state index contributed by atoms with van der Waals surface area (Å²) in [6, 6.07) is 18.7. The number of fused-ring (bicyclic) bond motifs is 1. The molecule has 9 nitrogen and oxygen atoms in total. The number of nitrogens with one attached hydrogen (secondary N) is 1. The van der Waals surface area contributed by atoms with Crippen LogP contribution in [0, 0.1) is 21.4 Å². The Labute approximate surface area is 191 Å². The number of rotatable bonds is 4. The van der Waals surface area contributed by atoms with E-state index in [1.807, 2.05) is 12.1 Å². The molecule has 4 aromatic rings. The molecule has 0 radical (unpaired) electrons. The number of H-pyrrole nitrogens is 1. The van der Waals surface area contributed by atoms with Gasteiger partial charge >= 0.3 is 0 Å². The number of nitro groups is 1. The molecule has 1 aliphatic rings. The van der Waals surface area contributed by atoms with Gasteiger partial charge in [0.15, 0.2) is 0 Å². The number of nitrogens with zero attached hydrogens (tertiary/aromatic N) is 3. The SMILES string of the molecule is N#CC1=C(N)Oc2n[nH]c(-c3ccc(Cl)cc3)c2[C@@H]1c1ccc(-c2ccc([N+](=O)[O-])cc2)o1. The molecular weight excluding hydrogens is 446 g/mol. The Balaban J connectivity index is 1.61. The van der Waals surface area contributed by atoms with E-state index in [1.54, 1.807) is 36.4 Å². The van der Waals surface area contributed by atoms with Crippen molar-refractivity contribution in [1.82, 2.24) is 10.2 Å². The van der Waals surface area contributed by atoms with Gasteiger partial charge in [0.05, 0.1) is 22.1 Å². The monoisotopic (exact) mass is 459 g/mol. The quantitative estimate of drug-likeness (QED) is 0.318. The Morgan fingerprint density at radius 1 is 1.09 bits per heavy atom. The van der Waals surface area contributed by atoms with Crippen molar-refractivity contribution in [3.8, 4) is 34.5 Å². The maximum Gasteiger partial charge on any atom is 0.269 e. The second-order valence-electron chi connectivity index (χ2n) is 7.26. The smallest absolute Gasteiger partial charge is 0.269 e. The predicted octanol–water partition coefficient (Wildman–Crippen LogP) is 5.12. The number of nitro benzene ring substituents is 1. The number of allylic oxidation sites excluding steroid dienone is 1. The summed E-state index contributed by atoms with van der Waals surface area (Å²) in [6.07, 6.45) is 0. The molecule has 2 aromatic carbocycles. The number of non-ortho nitro benzene ring substituents is 1. The zero-order chi connectivity index (χ0) is 23.1. The maximum atomic E-state index is 10.9. The van der Waals surface area contributed by atoms with Crippen molar-refractivity contribution in [3.05, 3.63) is 98.6 Å². The highest BCUT2D eigenvalue weighted by molar-refractivity contribution is 6.30. The summed E-state index contributed by atoms with van der Waals surface area (Å²) in [5, 5.41) is 28.5. The van der Waals surface area contributed by atoms with Gasteiger partial charge in [-0.25, -0.2) is 0 Å². The Morgan fingerprint density at radius 2 is 1.79 bits per heavy atom. The molecule has 5 rings (SSSR count). The molecule has 0 amide bonds. The molecule has 0 aliphatic carbocycles. The van der Waals surface area contributed by atoms with Crippen LogP contribution < -0.4 is 10.5 Å². The number of benzene rings is 2.